The molecule has 5 N–H and O–H groups in total. The number of rotatable bonds is 12. The SMILES string of the molecule is CC[C@H](C)[C@H](N)C(=O)N[C@H](C(=O)N[C@@H](CCSC)C(=O)O)[C@@H](C)CC. The lowest BCUT2D eigenvalue weighted by Gasteiger charge is -2.27. The summed E-state index contributed by atoms with van der Waals surface area (Å²) in [5.74, 6) is -1.46. The molecule has 0 aromatic carbocycles. The predicted molar refractivity (Wildman–Crippen MR) is 101 cm³/mol. The van der Waals surface area contributed by atoms with Crippen molar-refractivity contribution in [1.29, 1.82) is 0 Å². The van der Waals surface area contributed by atoms with Crippen LogP contribution in [0.2, 0.25) is 0 Å². The summed E-state index contributed by atoms with van der Waals surface area (Å²) >= 11 is 1.51. The van der Waals surface area contributed by atoms with E-state index in [1.807, 2.05) is 34.0 Å². The summed E-state index contributed by atoms with van der Waals surface area (Å²) in [5, 5.41) is 14.5. The third kappa shape index (κ3) is 8.09. The van der Waals surface area contributed by atoms with E-state index in [-0.39, 0.29) is 17.7 Å². The summed E-state index contributed by atoms with van der Waals surface area (Å²) < 4.78 is 0. The number of carbonyl (C=O) groups excluding carboxylic acids is 2. The maximum Gasteiger partial charge on any atom is 0.326 e. The van der Waals surface area contributed by atoms with Crippen molar-refractivity contribution < 1.29 is 19.5 Å². The third-order valence-corrected chi connectivity index (χ3v) is 5.22. The van der Waals surface area contributed by atoms with Gasteiger partial charge < -0.3 is 21.5 Å². The molecule has 0 radical (unpaired) electrons. The Morgan fingerprint density at radius 1 is 1.04 bits per heavy atom. The quantitative estimate of drug-likeness (QED) is 0.407. The van der Waals surface area contributed by atoms with Crippen LogP contribution in [0.5, 0.6) is 0 Å². The van der Waals surface area contributed by atoms with Gasteiger partial charge in [0.25, 0.3) is 0 Å². The molecule has 0 unspecified atom stereocenters. The summed E-state index contributed by atoms with van der Waals surface area (Å²) in [6.07, 6.45) is 3.62. The minimum Gasteiger partial charge on any atom is -0.480 e. The van der Waals surface area contributed by atoms with Gasteiger partial charge in [0, 0.05) is 0 Å². The van der Waals surface area contributed by atoms with Crippen LogP contribution in [0.3, 0.4) is 0 Å². The summed E-state index contributed by atoms with van der Waals surface area (Å²) in [7, 11) is 0. The number of carboxylic acid groups (broad SMARTS) is 1. The van der Waals surface area contributed by atoms with Crippen molar-refractivity contribution in [3.05, 3.63) is 0 Å². The van der Waals surface area contributed by atoms with Crippen LogP contribution in [0.4, 0.5) is 0 Å². The molecule has 0 aliphatic heterocycles. The lowest BCUT2D eigenvalue weighted by atomic mass is 9.95. The van der Waals surface area contributed by atoms with Gasteiger partial charge in [0.15, 0.2) is 0 Å². The topological polar surface area (TPSA) is 122 Å². The fourth-order valence-electron chi connectivity index (χ4n) is 2.22. The Hall–Kier alpha value is -1.28. The van der Waals surface area contributed by atoms with E-state index < -0.39 is 30.0 Å². The Morgan fingerprint density at radius 3 is 2.04 bits per heavy atom. The summed E-state index contributed by atoms with van der Waals surface area (Å²) in [4.78, 5) is 36.2. The first-order valence-corrected chi connectivity index (χ1v) is 10.2. The highest BCUT2D eigenvalue weighted by Crippen LogP contribution is 2.12. The molecule has 0 aromatic heterocycles. The number of nitrogens with two attached hydrogens (primary N) is 1. The average Bonchev–Trinajstić information content (AvgIpc) is 2.60. The van der Waals surface area contributed by atoms with Crippen molar-refractivity contribution in [2.45, 2.75) is 65.1 Å². The largest absolute Gasteiger partial charge is 0.480 e. The number of hydrogen-bond acceptors (Lipinski definition) is 5. The van der Waals surface area contributed by atoms with E-state index in [9.17, 15) is 19.5 Å². The molecule has 0 spiro atoms. The first-order chi connectivity index (χ1) is 11.7. The number of nitrogens with one attached hydrogen (secondary N) is 2. The van der Waals surface area contributed by atoms with Crippen LogP contribution in [0.1, 0.15) is 47.0 Å². The van der Waals surface area contributed by atoms with Crippen molar-refractivity contribution in [1.82, 2.24) is 10.6 Å². The van der Waals surface area contributed by atoms with Gasteiger partial charge >= 0.3 is 5.97 Å². The average molecular weight is 376 g/mol. The molecule has 146 valence electrons. The predicted octanol–water partition coefficient (Wildman–Crippen LogP) is 1.21. The van der Waals surface area contributed by atoms with E-state index in [2.05, 4.69) is 10.6 Å². The molecule has 0 saturated carbocycles. The molecule has 7 nitrogen and oxygen atoms in total. The maximum atomic E-state index is 12.6. The molecule has 0 aliphatic rings. The van der Waals surface area contributed by atoms with Crippen LogP contribution in [-0.4, -0.2) is 53.0 Å². The smallest absolute Gasteiger partial charge is 0.326 e. The second-order valence-corrected chi connectivity index (χ2v) is 7.45. The third-order valence-electron chi connectivity index (χ3n) is 4.58. The maximum absolute atomic E-state index is 12.6. The van der Waals surface area contributed by atoms with Crippen LogP contribution < -0.4 is 16.4 Å². The van der Waals surface area contributed by atoms with Gasteiger partial charge in [0.1, 0.15) is 12.1 Å². The van der Waals surface area contributed by atoms with E-state index >= 15 is 0 Å². The van der Waals surface area contributed by atoms with Crippen molar-refractivity contribution in [3.8, 4) is 0 Å². The molecule has 0 fully saturated rings. The molecule has 25 heavy (non-hydrogen) atoms. The molecular weight excluding hydrogens is 342 g/mol. The Balaban J connectivity index is 5.09. The monoisotopic (exact) mass is 375 g/mol. The zero-order chi connectivity index (χ0) is 19.6. The lowest BCUT2D eigenvalue weighted by molar-refractivity contribution is -0.142. The fraction of sp³-hybridized carbons (Fsp3) is 0.824. The van der Waals surface area contributed by atoms with Crippen molar-refractivity contribution in [2.24, 2.45) is 17.6 Å². The van der Waals surface area contributed by atoms with Crippen molar-refractivity contribution >= 4 is 29.5 Å². The number of thioether (sulfide) groups is 1. The van der Waals surface area contributed by atoms with E-state index in [0.717, 1.165) is 6.42 Å². The minimum absolute atomic E-state index is 0.00556. The van der Waals surface area contributed by atoms with Gasteiger partial charge in [-0.2, -0.15) is 11.8 Å². The van der Waals surface area contributed by atoms with Crippen LogP contribution in [0.25, 0.3) is 0 Å². The van der Waals surface area contributed by atoms with Gasteiger partial charge in [-0.05, 0) is 30.3 Å². The molecule has 5 atom stereocenters. The van der Waals surface area contributed by atoms with Gasteiger partial charge in [0.2, 0.25) is 11.8 Å². The Morgan fingerprint density at radius 2 is 1.60 bits per heavy atom. The van der Waals surface area contributed by atoms with Gasteiger partial charge in [-0.3, -0.25) is 9.59 Å². The molecular formula is C17H33N3O4S. The lowest BCUT2D eigenvalue weighted by Crippen LogP contribution is -2.57. The Labute approximate surface area is 154 Å². The van der Waals surface area contributed by atoms with Crippen LogP contribution >= 0.6 is 11.8 Å². The molecule has 0 bridgehead atoms. The van der Waals surface area contributed by atoms with Crippen molar-refractivity contribution in [2.75, 3.05) is 12.0 Å². The number of carbonyl (C=O) groups is 3. The Kier molecular flexibility index (Phi) is 11.5. The minimum atomic E-state index is -1.08. The highest BCUT2D eigenvalue weighted by Gasteiger charge is 2.31. The number of amides is 2. The highest BCUT2D eigenvalue weighted by atomic mass is 32.2. The molecule has 0 saturated heterocycles. The van der Waals surface area contributed by atoms with Crippen LogP contribution in [0.15, 0.2) is 0 Å². The molecule has 0 rings (SSSR count). The Bertz CT molecular complexity index is 448. The zero-order valence-electron chi connectivity index (χ0n) is 15.9. The van der Waals surface area contributed by atoms with Gasteiger partial charge in [-0.15, -0.1) is 0 Å². The van der Waals surface area contributed by atoms with Gasteiger partial charge in [-0.25, -0.2) is 4.79 Å². The first-order valence-electron chi connectivity index (χ1n) is 8.77. The van der Waals surface area contributed by atoms with E-state index in [1.54, 1.807) is 0 Å². The standard InChI is InChI=1S/C17H33N3O4S/c1-6-10(3)13(18)15(21)20-14(11(4)7-2)16(22)19-12(17(23)24)8-9-25-5/h10-14H,6-9,18H2,1-5H3,(H,19,22)(H,20,21)(H,23,24)/t10-,11-,12-,13-,14-/m0/s1. The summed E-state index contributed by atoms with van der Waals surface area (Å²) in [6.45, 7) is 7.58. The highest BCUT2D eigenvalue weighted by molar-refractivity contribution is 7.98. The molecule has 0 aliphatic carbocycles. The van der Waals surface area contributed by atoms with Crippen molar-refractivity contribution in [3.63, 3.8) is 0 Å². The van der Waals surface area contributed by atoms with Crippen LogP contribution in [-0.2, 0) is 14.4 Å². The van der Waals surface area contributed by atoms with E-state index in [1.165, 1.54) is 11.8 Å². The molecule has 2 amide bonds. The normalized spacial score (nSPS) is 17.0. The molecule has 0 aromatic rings. The van der Waals surface area contributed by atoms with Gasteiger partial charge in [-0.1, -0.05) is 40.5 Å². The van der Waals surface area contributed by atoms with E-state index in [0.29, 0.717) is 18.6 Å². The summed E-state index contributed by atoms with van der Waals surface area (Å²) in [6, 6.07) is -2.47. The van der Waals surface area contributed by atoms with Gasteiger partial charge in [0.05, 0.1) is 6.04 Å². The number of aliphatic carboxylic acids is 1. The second kappa shape index (κ2) is 12.1. The zero-order valence-corrected chi connectivity index (χ0v) is 16.7. The number of carboxylic acids is 1. The molecule has 8 heteroatoms. The first kappa shape index (κ1) is 23.7. The van der Waals surface area contributed by atoms with Crippen LogP contribution in [0, 0.1) is 11.8 Å². The number of hydrogen-bond donors (Lipinski definition) is 4. The fourth-order valence-corrected chi connectivity index (χ4v) is 2.69. The van der Waals surface area contributed by atoms with E-state index in [4.69, 9.17) is 5.73 Å². The summed E-state index contributed by atoms with van der Waals surface area (Å²) in [5.41, 5.74) is 5.94. The second-order valence-electron chi connectivity index (χ2n) is 6.46. The molecule has 0 heterocycles.